The van der Waals surface area contributed by atoms with Crippen LogP contribution in [0.5, 0.6) is 0 Å². The molecular weight excluding hydrogens is 172 g/mol. The van der Waals surface area contributed by atoms with E-state index < -0.39 is 0 Å². The van der Waals surface area contributed by atoms with Crippen LogP contribution in [-0.2, 0) is 0 Å². The Morgan fingerprint density at radius 3 is 2.79 bits per heavy atom. The summed E-state index contributed by atoms with van der Waals surface area (Å²) in [5, 5.41) is 8.87. The van der Waals surface area contributed by atoms with Crippen LogP contribution in [0.3, 0.4) is 0 Å². The number of nitrogens with two attached hydrogens (primary N) is 1. The predicted octanol–water partition coefficient (Wildman–Crippen LogP) is 2.52. The van der Waals surface area contributed by atoms with Gasteiger partial charge in [0, 0.05) is 6.04 Å². The van der Waals surface area contributed by atoms with Gasteiger partial charge in [0.2, 0.25) is 0 Å². The van der Waals surface area contributed by atoms with E-state index in [-0.39, 0.29) is 6.04 Å². The fraction of sp³-hybridized carbons (Fsp3) is 0.250. The number of hydrogen-bond donors (Lipinski definition) is 1. The van der Waals surface area contributed by atoms with E-state index in [1.807, 2.05) is 25.1 Å². The van der Waals surface area contributed by atoms with Gasteiger partial charge in [-0.2, -0.15) is 5.26 Å². The molecule has 0 bridgehead atoms. The number of rotatable bonds is 3. The minimum atomic E-state index is -0.122. The minimum Gasteiger partial charge on any atom is -0.324 e. The zero-order chi connectivity index (χ0) is 10.6. The lowest BCUT2D eigenvalue weighted by Gasteiger charge is -2.12. The first-order valence-corrected chi connectivity index (χ1v) is 4.54. The van der Waals surface area contributed by atoms with E-state index in [4.69, 9.17) is 11.0 Å². The van der Waals surface area contributed by atoms with Gasteiger partial charge in [0.15, 0.2) is 0 Å². The molecule has 0 aromatic heterocycles. The Labute approximate surface area is 84.7 Å². The maximum Gasteiger partial charge on any atom is 0.0995 e. The van der Waals surface area contributed by atoms with Gasteiger partial charge < -0.3 is 5.73 Å². The highest BCUT2D eigenvalue weighted by molar-refractivity contribution is 5.39. The molecule has 0 radical (unpaired) electrons. The van der Waals surface area contributed by atoms with E-state index in [1.165, 1.54) is 0 Å². The standard InChI is InChI=1S/C12H14N2/c1-9(2)7-12(14)11-6-4-3-5-10(11)8-13/h3-6,12H,1,7,14H2,2H3/t12-/m1/s1. The molecule has 0 saturated carbocycles. The van der Waals surface area contributed by atoms with Crippen LogP contribution in [0.15, 0.2) is 36.4 Å². The van der Waals surface area contributed by atoms with E-state index in [0.717, 1.165) is 17.6 Å². The number of hydrogen-bond acceptors (Lipinski definition) is 2. The summed E-state index contributed by atoms with van der Waals surface area (Å²) in [6, 6.07) is 9.44. The van der Waals surface area contributed by atoms with E-state index in [9.17, 15) is 0 Å². The molecule has 0 aliphatic heterocycles. The third-order valence-electron chi connectivity index (χ3n) is 2.05. The molecule has 0 heterocycles. The molecule has 0 aliphatic rings. The molecule has 72 valence electrons. The molecule has 14 heavy (non-hydrogen) atoms. The first kappa shape index (κ1) is 10.5. The van der Waals surface area contributed by atoms with Crippen LogP contribution in [-0.4, -0.2) is 0 Å². The van der Waals surface area contributed by atoms with Gasteiger partial charge in [0.05, 0.1) is 11.6 Å². The maximum absolute atomic E-state index is 8.87. The minimum absolute atomic E-state index is 0.122. The molecule has 2 heteroatoms. The second-order valence-corrected chi connectivity index (χ2v) is 3.47. The lowest BCUT2D eigenvalue weighted by Crippen LogP contribution is -2.11. The highest BCUT2D eigenvalue weighted by Gasteiger charge is 2.09. The van der Waals surface area contributed by atoms with Gasteiger partial charge >= 0.3 is 0 Å². The molecule has 0 amide bonds. The Balaban J connectivity index is 2.95. The summed E-state index contributed by atoms with van der Waals surface area (Å²) in [6.45, 7) is 5.75. The van der Waals surface area contributed by atoms with Crippen molar-refractivity contribution in [3.8, 4) is 6.07 Å². The Morgan fingerprint density at radius 1 is 1.57 bits per heavy atom. The molecule has 0 fully saturated rings. The largest absolute Gasteiger partial charge is 0.324 e. The molecule has 1 aromatic rings. The molecule has 0 saturated heterocycles. The molecule has 2 nitrogen and oxygen atoms in total. The molecule has 0 spiro atoms. The van der Waals surface area contributed by atoms with Gasteiger partial charge in [-0.3, -0.25) is 0 Å². The van der Waals surface area contributed by atoms with Crippen LogP contribution in [0.1, 0.15) is 30.5 Å². The summed E-state index contributed by atoms with van der Waals surface area (Å²) >= 11 is 0. The average molecular weight is 186 g/mol. The van der Waals surface area contributed by atoms with Crippen molar-refractivity contribution >= 4 is 0 Å². The Morgan fingerprint density at radius 2 is 2.21 bits per heavy atom. The third kappa shape index (κ3) is 2.45. The van der Waals surface area contributed by atoms with Crippen molar-refractivity contribution in [1.29, 1.82) is 5.26 Å². The SMILES string of the molecule is C=C(C)C[C@@H](N)c1ccccc1C#N. The third-order valence-corrected chi connectivity index (χ3v) is 2.05. The van der Waals surface area contributed by atoms with E-state index in [0.29, 0.717) is 5.56 Å². The van der Waals surface area contributed by atoms with Gasteiger partial charge in [-0.15, -0.1) is 6.58 Å². The summed E-state index contributed by atoms with van der Waals surface area (Å²) in [5.41, 5.74) is 8.55. The molecular formula is C12H14N2. The summed E-state index contributed by atoms with van der Waals surface area (Å²) in [4.78, 5) is 0. The average Bonchev–Trinajstić information content (AvgIpc) is 2.16. The van der Waals surface area contributed by atoms with Crippen molar-refractivity contribution in [2.24, 2.45) is 5.73 Å². The summed E-state index contributed by atoms with van der Waals surface area (Å²) in [7, 11) is 0. The van der Waals surface area contributed by atoms with Crippen LogP contribution in [0, 0.1) is 11.3 Å². The van der Waals surface area contributed by atoms with Gasteiger partial charge in [-0.1, -0.05) is 23.8 Å². The number of nitrogens with zero attached hydrogens (tertiary/aromatic N) is 1. The zero-order valence-corrected chi connectivity index (χ0v) is 8.33. The van der Waals surface area contributed by atoms with E-state index >= 15 is 0 Å². The van der Waals surface area contributed by atoms with Crippen molar-refractivity contribution in [3.05, 3.63) is 47.5 Å². The summed E-state index contributed by atoms with van der Waals surface area (Å²) in [6.07, 6.45) is 0.721. The Kier molecular flexibility index (Phi) is 3.44. The fourth-order valence-electron chi connectivity index (χ4n) is 1.41. The van der Waals surface area contributed by atoms with Crippen LogP contribution in [0.2, 0.25) is 0 Å². The number of benzene rings is 1. The van der Waals surface area contributed by atoms with Crippen LogP contribution in [0.25, 0.3) is 0 Å². The smallest absolute Gasteiger partial charge is 0.0995 e. The van der Waals surface area contributed by atoms with Gasteiger partial charge in [-0.05, 0) is 25.0 Å². The maximum atomic E-state index is 8.87. The van der Waals surface area contributed by atoms with Crippen molar-refractivity contribution < 1.29 is 0 Å². The van der Waals surface area contributed by atoms with Crippen LogP contribution < -0.4 is 5.73 Å². The first-order valence-electron chi connectivity index (χ1n) is 4.54. The van der Waals surface area contributed by atoms with Gasteiger partial charge in [0.25, 0.3) is 0 Å². The molecule has 0 aliphatic carbocycles. The quantitative estimate of drug-likeness (QED) is 0.737. The zero-order valence-electron chi connectivity index (χ0n) is 8.33. The summed E-state index contributed by atoms with van der Waals surface area (Å²) in [5.74, 6) is 0. The van der Waals surface area contributed by atoms with Crippen molar-refractivity contribution in [3.63, 3.8) is 0 Å². The van der Waals surface area contributed by atoms with E-state index in [1.54, 1.807) is 6.07 Å². The molecule has 0 unspecified atom stereocenters. The van der Waals surface area contributed by atoms with E-state index in [2.05, 4.69) is 12.6 Å². The van der Waals surface area contributed by atoms with Crippen molar-refractivity contribution in [2.45, 2.75) is 19.4 Å². The van der Waals surface area contributed by atoms with Gasteiger partial charge in [-0.25, -0.2) is 0 Å². The predicted molar refractivity (Wildman–Crippen MR) is 57.5 cm³/mol. The van der Waals surface area contributed by atoms with Crippen molar-refractivity contribution in [1.82, 2.24) is 0 Å². The van der Waals surface area contributed by atoms with Gasteiger partial charge in [0.1, 0.15) is 0 Å². The lowest BCUT2D eigenvalue weighted by atomic mass is 9.97. The monoisotopic (exact) mass is 186 g/mol. The Bertz CT molecular complexity index is 374. The fourth-order valence-corrected chi connectivity index (χ4v) is 1.41. The molecule has 1 atom stereocenters. The number of nitriles is 1. The molecule has 1 aromatic carbocycles. The van der Waals surface area contributed by atoms with Crippen LogP contribution >= 0.6 is 0 Å². The van der Waals surface area contributed by atoms with Crippen LogP contribution in [0.4, 0.5) is 0 Å². The molecule has 1 rings (SSSR count). The second-order valence-electron chi connectivity index (χ2n) is 3.47. The second kappa shape index (κ2) is 4.59. The van der Waals surface area contributed by atoms with Crippen molar-refractivity contribution in [2.75, 3.05) is 0 Å². The topological polar surface area (TPSA) is 49.8 Å². The highest BCUT2D eigenvalue weighted by Crippen LogP contribution is 2.20. The molecule has 2 N–H and O–H groups in total. The summed E-state index contributed by atoms with van der Waals surface area (Å²) < 4.78 is 0. The first-order chi connectivity index (χ1) is 6.65. The Hall–Kier alpha value is -1.59. The highest BCUT2D eigenvalue weighted by atomic mass is 14.6. The lowest BCUT2D eigenvalue weighted by molar-refractivity contribution is 0.715. The normalized spacial score (nSPS) is 11.8.